The van der Waals surface area contributed by atoms with Crippen molar-refractivity contribution < 1.29 is 18.7 Å². The number of carbonyl (C=O) groups excluding carboxylic acids is 2. The first-order valence-electron chi connectivity index (χ1n) is 12.6. The summed E-state index contributed by atoms with van der Waals surface area (Å²) in [6.45, 7) is 10.9. The number of nitrogens with one attached hydrogen (secondary N) is 3. The Balaban J connectivity index is 1.50. The number of alkyl carbamates (subject to hydrolysis) is 1. The lowest BCUT2D eigenvalue weighted by Gasteiger charge is -2.25. The van der Waals surface area contributed by atoms with Crippen LogP contribution in [0.15, 0.2) is 60.7 Å². The van der Waals surface area contributed by atoms with Crippen molar-refractivity contribution in [3.63, 3.8) is 0 Å². The smallest absolute Gasteiger partial charge is 0.407 e. The highest BCUT2D eigenvalue weighted by molar-refractivity contribution is 5.95. The van der Waals surface area contributed by atoms with E-state index in [-0.39, 0.29) is 17.1 Å². The van der Waals surface area contributed by atoms with Crippen LogP contribution in [0.3, 0.4) is 0 Å². The summed E-state index contributed by atoms with van der Waals surface area (Å²) in [5.41, 5.74) is 2.16. The zero-order chi connectivity index (χ0) is 27.8. The van der Waals surface area contributed by atoms with Gasteiger partial charge in [-0.15, -0.1) is 10.2 Å². The maximum Gasteiger partial charge on any atom is 0.407 e. The van der Waals surface area contributed by atoms with E-state index < -0.39 is 11.7 Å². The van der Waals surface area contributed by atoms with Gasteiger partial charge in [0, 0.05) is 36.2 Å². The summed E-state index contributed by atoms with van der Waals surface area (Å²) in [5.74, 6) is 0.157. The topological polar surface area (TPSA) is 105 Å². The SMILES string of the molecule is CC(C)(C)OC(=O)NCCCNC(=O)c1cccc(-c2ccc(NCC(C)(C)c3ccc(F)cc3)nn2)c1. The van der Waals surface area contributed by atoms with Gasteiger partial charge >= 0.3 is 6.09 Å². The summed E-state index contributed by atoms with van der Waals surface area (Å²) in [7, 11) is 0. The van der Waals surface area contributed by atoms with Gasteiger partial charge in [0.25, 0.3) is 5.91 Å². The molecular weight excluding hydrogens is 485 g/mol. The molecule has 2 amide bonds. The summed E-state index contributed by atoms with van der Waals surface area (Å²) in [5, 5.41) is 17.4. The van der Waals surface area contributed by atoms with Gasteiger partial charge in [0.05, 0.1) is 5.69 Å². The lowest BCUT2D eigenvalue weighted by atomic mass is 9.84. The molecule has 3 rings (SSSR count). The molecule has 0 bridgehead atoms. The van der Waals surface area contributed by atoms with Crippen LogP contribution in [0.2, 0.25) is 0 Å². The van der Waals surface area contributed by atoms with Gasteiger partial charge < -0.3 is 20.7 Å². The maximum atomic E-state index is 13.2. The van der Waals surface area contributed by atoms with Crippen LogP contribution >= 0.6 is 0 Å². The molecule has 9 heteroatoms. The van der Waals surface area contributed by atoms with Gasteiger partial charge in [-0.05, 0) is 69.2 Å². The van der Waals surface area contributed by atoms with Crippen LogP contribution in [0.5, 0.6) is 0 Å². The Morgan fingerprint density at radius 2 is 1.61 bits per heavy atom. The predicted molar refractivity (Wildman–Crippen MR) is 147 cm³/mol. The zero-order valence-corrected chi connectivity index (χ0v) is 22.6. The number of amides is 2. The minimum atomic E-state index is -0.549. The number of benzene rings is 2. The molecular formula is C29H36FN5O3. The van der Waals surface area contributed by atoms with Crippen molar-refractivity contribution in [1.82, 2.24) is 20.8 Å². The van der Waals surface area contributed by atoms with E-state index in [1.807, 2.05) is 18.2 Å². The van der Waals surface area contributed by atoms with Gasteiger partial charge in [0.2, 0.25) is 0 Å². The van der Waals surface area contributed by atoms with Crippen molar-refractivity contribution in [2.45, 2.75) is 52.1 Å². The Bertz CT molecular complexity index is 1220. The molecule has 38 heavy (non-hydrogen) atoms. The maximum absolute atomic E-state index is 13.2. The fraction of sp³-hybridized carbons (Fsp3) is 0.379. The third-order valence-corrected chi connectivity index (χ3v) is 5.73. The molecule has 2 aromatic carbocycles. The molecule has 0 fully saturated rings. The molecule has 1 aromatic heterocycles. The number of aromatic nitrogens is 2. The molecule has 3 aromatic rings. The third kappa shape index (κ3) is 8.83. The zero-order valence-electron chi connectivity index (χ0n) is 22.6. The first-order valence-corrected chi connectivity index (χ1v) is 12.6. The van der Waals surface area contributed by atoms with Gasteiger partial charge in [-0.25, -0.2) is 9.18 Å². The van der Waals surface area contributed by atoms with Crippen LogP contribution in [0.1, 0.15) is 57.0 Å². The molecule has 0 atom stereocenters. The lowest BCUT2D eigenvalue weighted by Crippen LogP contribution is -2.34. The van der Waals surface area contributed by atoms with Crippen LogP contribution in [-0.2, 0) is 10.2 Å². The number of hydrogen-bond donors (Lipinski definition) is 3. The Morgan fingerprint density at radius 3 is 2.26 bits per heavy atom. The van der Waals surface area contributed by atoms with E-state index in [0.717, 1.165) is 11.1 Å². The summed E-state index contributed by atoms with van der Waals surface area (Å²) >= 11 is 0. The van der Waals surface area contributed by atoms with E-state index in [1.54, 1.807) is 51.1 Å². The van der Waals surface area contributed by atoms with Crippen molar-refractivity contribution in [2.75, 3.05) is 25.0 Å². The number of rotatable bonds is 10. The highest BCUT2D eigenvalue weighted by Gasteiger charge is 2.21. The van der Waals surface area contributed by atoms with Crippen LogP contribution in [0.25, 0.3) is 11.3 Å². The Kier molecular flexibility index (Phi) is 9.39. The molecule has 0 spiro atoms. The lowest BCUT2D eigenvalue weighted by molar-refractivity contribution is 0.0527. The number of ether oxygens (including phenoxy) is 1. The minimum Gasteiger partial charge on any atom is -0.444 e. The Labute approximate surface area is 223 Å². The molecule has 1 heterocycles. The van der Waals surface area contributed by atoms with E-state index in [1.165, 1.54) is 12.1 Å². The summed E-state index contributed by atoms with van der Waals surface area (Å²) in [6, 6.07) is 17.4. The van der Waals surface area contributed by atoms with Gasteiger partial charge in [-0.1, -0.05) is 38.1 Å². The fourth-order valence-electron chi connectivity index (χ4n) is 3.61. The molecule has 202 valence electrons. The van der Waals surface area contributed by atoms with E-state index in [9.17, 15) is 14.0 Å². The quantitative estimate of drug-likeness (QED) is 0.312. The number of nitrogens with zero attached hydrogens (tertiary/aromatic N) is 2. The summed E-state index contributed by atoms with van der Waals surface area (Å²) in [6.07, 6.45) is 0.0956. The number of halogens is 1. The van der Waals surface area contributed by atoms with E-state index in [4.69, 9.17) is 4.74 Å². The molecule has 0 radical (unpaired) electrons. The largest absolute Gasteiger partial charge is 0.444 e. The van der Waals surface area contributed by atoms with E-state index >= 15 is 0 Å². The second-order valence-corrected chi connectivity index (χ2v) is 10.7. The van der Waals surface area contributed by atoms with Gasteiger partial charge in [0.15, 0.2) is 0 Å². The van der Waals surface area contributed by atoms with Gasteiger partial charge in [-0.3, -0.25) is 4.79 Å². The number of hydrogen-bond acceptors (Lipinski definition) is 6. The molecule has 0 aliphatic carbocycles. The monoisotopic (exact) mass is 521 g/mol. The average molecular weight is 522 g/mol. The average Bonchev–Trinajstić information content (AvgIpc) is 2.87. The second kappa shape index (κ2) is 12.5. The Morgan fingerprint density at radius 1 is 0.895 bits per heavy atom. The highest BCUT2D eigenvalue weighted by atomic mass is 19.1. The van der Waals surface area contributed by atoms with Crippen molar-refractivity contribution in [2.24, 2.45) is 0 Å². The second-order valence-electron chi connectivity index (χ2n) is 10.7. The highest BCUT2D eigenvalue weighted by Crippen LogP contribution is 2.24. The number of anilines is 1. The molecule has 0 unspecified atom stereocenters. The van der Waals surface area contributed by atoms with Crippen LogP contribution < -0.4 is 16.0 Å². The van der Waals surface area contributed by atoms with Gasteiger partial charge in [-0.2, -0.15) is 0 Å². The third-order valence-electron chi connectivity index (χ3n) is 5.73. The molecule has 3 N–H and O–H groups in total. The summed E-state index contributed by atoms with van der Waals surface area (Å²) < 4.78 is 18.4. The van der Waals surface area contributed by atoms with Crippen molar-refractivity contribution in [3.05, 3.63) is 77.6 Å². The number of carbonyl (C=O) groups is 2. The molecule has 0 saturated heterocycles. The molecule has 8 nitrogen and oxygen atoms in total. The minimum absolute atomic E-state index is 0.210. The van der Waals surface area contributed by atoms with Crippen molar-refractivity contribution in [3.8, 4) is 11.3 Å². The van der Waals surface area contributed by atoms with Crippen molar-refractivity contribution in [1.29, 1.82) is 0 Å². The van der Waals surface area contributed by atoms with Crippen LogP contribution in [0.4, 0.5) is 15.0 Å². The van der Waals surface area contributed by atoms with Gasteiger partial charge in [0.1, 0.15) is 17.2 Å². The van der Waals surface area contributed by atoms with E-state index in [2.05, 4.69) is 40.0 Å². The fourth-order valence-corrected chi connectivity index (χ4v) is 3.61. The Hall–Kier alpha value is -4.01. The molecule has 0 aliphatic rings. The van der Waals surface area contributed by atoms with Crippen molar-refractivity contribution >= 4 is 17.8 Å². The van der Waals surface area contributed by atoms with E-state index in [0.29, 0.717) is 43.1 Å². The molecule has 0 aliphatic heterocycles. The summed E-state index contributed by atoms with van der Waals surface area (Å²) in [4.78, 5) is 24.3. The molecule has 0 saturated carbocycles. The first-order chi connectivity index (χ1) is 17.9. The normalized spacial score (nSPS) is 11.5. The standard InChI is InChI=1S/C29H36FN5O3/c1-28(2,3)38-27(37)32-17-7-16-31-26(36)21-9-6-8-20(18-21)24-14-15-25(35-34-24)33-19-29(4,5)22-10-12-23(30)13-11-22/h6,8-15,18H,7,16-17,19H2,1-5H3,(H,31,36)(H,32,37)(H,33,35). The van der Waals surface area contributed by atoms with Crippen LogP contribution in [0, 0.1) is 5.82 Å². The van der Waals surface area contributed by atoms with Crippen LogP contribution in [-0.4, -0.2) is 47.4 Å². The predicted octanol–water partition coefficient (Wildman–Crippen LogP) is 5.32. The first kappa shape index (κ1) is 28.6.